The molecule has 0 saturated carbocycles. The molecule has 0 radical (unpaired) electrons. The minimum Gasteiger partial charge on any atom is -0.472 e. The lowest BCUT2D eigenvalue weighted by atomic mass is 10.0. The van der Waals surface area contributed by atoms with E-state index in [0.29, 0.717) is 50.4 Å². The van der Waals surface area contributed by atoms with Crippen molar-refractivity contribution in [3.63, 3.8) is 0 Å². The van der Waals surface area contributed by atoms with Crippen molar-refractivity contribution in [1.29, 1.82) is 0 Å². The van der Waals surface area contributed by atoms with Gasteiger partial charge >= 0.3 is 0 Å². The summed E-state index contributed by atoms with van der Waals surface area (Å²) in [5.74, 6) is 0.122. The molecule has 0 aliphatic rings. The predicted octanol–water partition coefficient (Wildman–Crippen LogP) is 4.54. The Morgan fingerprint density at radius 1 is 1.03 bits per heavy atom. The highest BCUT2D eigenvalue weighted by Gasteiger charge is 2.18. The van der Waals surface area contributed by atoms with Crippen LogP contribution in [0.2, 0.25) is 0 Å². The highest BCUT2D eigenvalue weighted by atomic mass is 19.1. The lowest BCUT2D eigenvalue weighted by molar-refractivity contribution is 0.568. The van der Waals surface area contributed by atoms with Crippen LogP contribution in [0.4, 0.5) is 10.1 Å². The number of furan rings is 1. The summed E-state index contributed by atoms with van der Waals surface area (Å²) in [5.41, 5.74) is 11.5. The number of nitrogens with two attached hydrogens (primary N) is 1. The van der Waals surface area contributed by atoms with E-state index in [1.807, 2.05) is 12.1 Å². The normalized spacial score (nSPS) is 11.5. The largest absolute Gasteiger partial charge is 0.472 e. The number of imidazole rings is 1. The van der Waals surface area contributed by atoms with Crippen LogP contribution in [0.15, 0.2) is 65.9 Å². The van der Waals surface area contributed by atoms with Crippen LogP contribution in [-0.2, 0) is 0 Å². The fourth-order valence-electron chi connectivity index (χ4n) is 3.72. The van der Waals surface area contributed by atoms with Gasteiger partial charge in [-0.2, -0.15) is 5.10 Å². The molecule has 4 N–H and O–H groups in total. The van der Waals surface area contributed by atoms with E-state index in [1.54, 1.807) is 37.1 Å². The molecule has 6 aromatic rings. The molecule has 0 saturated heterocycles. The lowest BCUT2D eigenvalue weighted by Crippen LogP contribution is -1.90. The number of H-pyrrole nitrogens is 2. The second kappa shape index (κ2) is 6.49. The molecule has 6 rings (SSSR count). The summed E-state index contributed by atoms with van der Waals surface area (Å²) in [6.07, 6.45) is 8.06. The molecule has 150 valence electrons. The molecule has 0 aliphatic heterocycles. The third kappa shape index (κ3) is 2.75. The van der Waals surface area contributed by atoms with Crippen molar-refractivity contribution in [2.75, 3.05) is 5.73 Å². The van der Waals surface area contributed by atoms with Crippen LogP contribution >= 0.6 is 0 Å². The molecule has 0 amide bonds. The molecule has 1 aromatic carbocycles. The maximum atomic E-state index is 14.8. The highest BCUT2D eigenvalue weighted by Crippen LogP contribution is 2.34. The van der Waals surface area contributed by atoms with Crippen molar-refractivity contribution < 1.29 is 8.81 Å². The average Bonchev–Trinajstić information content (AvgIpc) is 3.51. The summed E-state index contributed by atoms with van der Waals surface area (Å²) in [4.78, 5) is 16.4. The van der Waals surface area contributed by atoms with Gasteiger partial charge in [0.1, 0.15) is 17.0 Å². The van der Waals surface area contributed by atoms with Gasteiger partial charge in [-0.1, -0.05) is 0 Å². The Bertz CT molecular complexity index is 1570. The summed E-state index contributed by atoms with van der Waals surface area (Å²) in [7, 11) is 0. The lowest BCUT2D eigenvalue weighted by Gasteiger charge is -2.05. The smallest absolute Gasteiger partial charge is 0.160 e. The Hall–Kier alpha value is -4.53. The molecule has 0 unspecified atom stereocenters. The van der Waals surface area contributed by atoms with Gasteiger partial charge in [0, 0.05) is 52.3 Å². The van der Waals surface area contributed by atoms with E-state index in [0.717, 1.165) is 11.1 Å². The SMILES string of the molecule is Nc1cncc(-c2cc3c(-c4nc5c(-c6ccoc6)ccnc5[nH]4)n[nH]c3cc2F)c1. The number of halogens is 1. The first-order valence-electron chi connectivity index (χ1n) is 9.43. The molecule has 0 bridgehead atoms. The number of hydrogen-bond donors (Lipinski definition) is 3. The topological polar surface area (TPSA) is 122 Å². The van der Waals surface area contributed by atoms with Crippen LogP contribution in [0.1, 0.15) is 0 Å². The van der Waals surface area contributed by atoms with Gasteiger partial charge in [0.05, 0.1) is 23.7 Å². The number of aromatic amines is 2. The van der Waals surface area contributed by atoms with E-state index in [-0.39, 0.29) is 0 Å². The number of nitrogens with zero attached hydrogens (tertiary/aromatic N) is 4. The Morgan fingerprint density at radius 3 is 2.81 bits per heavy atom. The number of nitrogens with one attached hydrogen (secondary N) is 2. The summed E-state index contributed by atoms with van der Waals surface area (Å²) in [6, 6.07) is 8.54. The molecule has 8 nitrogen and oxygen atoms in total. The van der Waals surface area contributed by atoms with Gasteiger partial charge in [-0.3, -0.25) is 10.1 Å². The second-order valence-corrected chi connectivity index (χ2v) is 7.11. The maximum absolute atomic E-state index is 14.8. The van der Waals surface area contributed by atoms with E-state index in [9.17, 15) is 4.39 Å². The number of hydrogen-bond acceptors (Lipinski definition) is 6. The highest BCUT2D eigenvalue weighted by molar-refractivity contribution is 5.97. The molecule has 5 heterocycles. The number of rotatable bonds is 3. The molecular weight excluding hydrogens is 397 g/mol. The monoisotopic (exact) mass is 411 g/mol. The molecule has 0 atom stereocenters. The van der Waals surface area contributed by atoms with E-state index < -0.39 is 5.82 Å². The minimum atomic E-state index is -0.399. The van der Waals surface area contributed by atoms with Crippen molar-refractivity contribution >= 4 is 27.8 Å². The van der Waals surface area contributed by atoms with Gasteiger partial charge in [-0.25, -0.2) is 14.4 Å². The zero-order chi connectivity index (χ0) is 20.9. The summed E-state index contributed by atoms with van der Waals surface area (Å²) in [6.45, 7) is 0. The van der Waals surface area contributed by atoms with Crippen molar-refractivity contribution in [3.05, 3.63) is 67.3 Å². The summed E-state index contributed by atoms with van der Waals surface area (Å²) >= 11 is 0. The average molecular weight is 411 g/mol. The molecule has 0 spiro atoms. The Kier molecular flexibility index (Phi) is 3.63. The molecule has 31 heavy (non-hydrogen) atoms. The van der Waals surface area contributed by atoms with Crippen molar-refractivity contribution in [2.45, 2.75) is 0 Å². The fraction of sp³-hybridized carbons (Fsp3) is 0. The first-order valence-corrected chi connectivity index (χ1v) is 9.43. The Morgan fingerprint density at radius 2 is 1.97 bits per heavy atom. The van der Waals surface area contributed by atoms with Gasteiger partial charge in [0.25, 0.3) is 0 Å². The van der Waals surface area contributed by atoms with E-state index in [1.165, 1.54) is 12.3 Å². The molecule has 5 aromatic heterocycles. The predicted molar refractivity (Wildman–Crippen MR) is 114 cm³/mol. The van der Waals surface area contributed by atoms with Gasteiger partial charge in [0.15, 0.2) is 11.5 Å². The summed E-state index contributed by atoms with van der Waals surface area (Å²) in [5, 5.41) is 7.96. The van der Waals surface area contributed by atoms with Gasteiger partial charge < -0.3 is 15.1 Å². The van der Waals surface area contributed by atoms with Crippen LogP contribution in [0.3, 0.4) is 0 Å². The number of fused-ring (bicyclic) bond motifs is 2. The third-order valence-electron chi connectivity index (χ3n) is 5.16. The van der Waals surface area contributed by atoms with Crippen LogP contribution in [0.5, 0.6) is 0 Å². The summed E-state index contributed by atoms with van der Waals surface area (Å²) < 4.78 is 20.0. The zero-order valence-corrected chi connectivity index (χ0v) is 15.9. The van der Waals surface area contributed by atoms with Crippen LogP contribution in [-0.4, -0.2) is 30.1 Å². The van der Waals surface area contributed by atoms with Gasteiger partial charge in [0.2, 0.25) is 0 Å². The van der Waals surface area contributed by atoms with Crippen LogP contribution in [0.25, 0.3) is 55.8 Å². The first-order chi connectivity index (χ1) is 15.2. The Labute approximate surface area is 174 Å². The number of pyridine rings is 2. The van der Waals surface area contributed by atoms with Gasteiger partial charge in [-0.05, 0) is 24.3 Å². The minimum absolute atomic E-state index is 0.378. The zero-order valence-electron chi connectivity index (χ0n) is 15.9. The maximum Gasteiger partial charge on any atom is 0.160 e. The van der Waals surface area contributed by atoms with Crippen molar-refractivity contribution in [1.82, 2.24) is 30.1 Å². The quantitative estimate of drug-likeness (QED) is 0.393. The third-order valence-corrected chi connectivity index (χ3v) is 5.16. The second-order valence-electron chi connectivity index (χ2n) is 7.11. The number of benzene rings is 1. The standard InChI is InChI=1S/C22H14FN7O/c23-17-7-18-16(6-15(17)12-5-13(24)9-25-8-12)20(30-29-18)22-27-19-14(11-2-4-31-10-11)1-3-26-21(19)28-22/h1-10H,24H2,(H,29,30)(H,26,27,28). The molecule has 0 fully saturated rings. The molecule has 0 aliphatic carbocycles. The van der Waals surface area contributed by atoms with Gasteiger partial charge in [-0.15, -0.1) is 0 Å². The van der Waals surface area contributed by atoms with Crippen molar-refractivity contribution in [2.24, 2.45) is 0 Å². The van der Waals surface area contributed by atoms with Crippen LogP contribution in [0, 0.1) is 5.82 Å². The number of nitrogen functional groups attached to an aromatic ring is 1. The Balaban J connectivity index is 1.54. The van der Waals surface area contributed by atoms with E-state index in [2.05, 4.69) is 25.1 Å². The number of anilines is 1. The fourth-order valence-corrected chi connectivity index (χ4v) is 3.72. The van der Waals surface area contributed by atoms with Crippen molar-refractivity contribution in [3.8, 4) is 33.8 Å². The van der Waals surface area contributed by atoms with E-state index >= 15 is 0 Å². The first kappa shape index (κ1) is 17.3. The molecular formula is C22H14FN7O. The van der Waals surface area contributed by atoms with E-state index in [4.69, 9.17) is 15.1 Å². The van der Waals surface area contributed by atoms with Crippen LogP contribution < -0.4 is 5.73 Å². The number of aromatic nitrogens is 6. The molecule has 9 heteroatoms.